The monoisotopic (exact) mass is 608 g/mol. The molecule has 2 N–H and O–H groups in total. The van der Waals surface area contributed by atoms with Gasteiger partial charge in [0.2, 0.25) is 5.91 Å². The van der Waals surface area contributed by atoms with Gasteiger partial charge in [-0.15, -0.1) is 0 Å². The topological polar surface area (TPSA) is 130 Å². The van der Waals surface area contributed by atoms with E-state index in [2.05, 4.69) is 26.7 Å². The largest absolute Gasteiger partial charge is 0.365 e. The molecule has 3 heterocycles. The third-order valence-corrected chi connectivity index (χ3v) is 9.75. The predicted molar refractivity (Wildman–Crippen MR) is 152 cm³/mol. The summed E-state index contributed by atoms with van der Waals surface area (Å²) in [6, 6.07) is 9.28. The average Bonchev–Trinajstić information content (AvgIpc) is 3.69. The second kappa shape index (κ2) is 10.7. The van der Waals surface area contributed by atoms with Gasteiger partial charge < -0.3 is 10.6 Å². The molecule has 1 aromatic carbocycles. The van der Waals surface area contributed by atoms with E-state index in [1.54, 1.807) is 19.1 Å². The van der Waals surface area contributed by atoms with Crippen LogP contribution in [0.15, 0.2) is 53.7 Å². The van der Waals surface area contributed by atoms with Gasteiger partial charge in [0.05, 0.1) is 17.2 Å². The lowest BCUT2D eigenvalue weighted by Crippen LogP contribution is -2.44. The van der Waals surface area contributed by atoms with Gasteiger partial charge in [-0.2, -0.15) is 5.26 Å². The number of amides is 1. The third-order valence-electron chi connectivity index (χ3n) is 8.09. The second-order valence-corrected chi connectivity index (χ2v) is 13.0. The van der Waals surface area contributed by atoms with Crippen molar-refractivity contribution in [3.05, 3.63) is 71.8 Å². The first-order valence-corrected chi connectivity index (χ1v) is 15.3. The van der Waals surface area contributed by atoms with E-state index < -0.39 is 32.9 Å². The summed E-state index contributed by atoms with van der Waals surface area (Å²) in [6.07, 6.45) is 5.50. The van der Waals surface area contributed by atoms with Crippen molar-refractivity contribution < 1.29 is 26.4 Å². The summed E-state index contributed by atoms with van der Waals surface area (Å²) in [7, 11) is -4.22. The van der Waals surface area contributed by atoms with Crippen LogP contribution < -0.4 is 10.6 Å². The van der Waals surface area contributed by atoms with Crippen LogP contribution in [0.3, 0.4) is 0 Å². The van der Waals surface area contributed by atoms with Crippen LogP contribution in [0.4, 0.5) is 19.0 Å². The van der Waals surface area contributed by atoms with Crippen molar-refractivity contribution >= 4 is 32.8 Å². The summed E-state index contributed by atoms with van der Waals surface area (Å²) >= 11 is 0. The van der Waals surface area contributed by atoms with E-state index in [9.17, 15) is 22.9 Å². The van der Waals surface area contributed by atoms with Gasteiger partial charge in [-0.1, -0.05) is 17.7 Å². The summed E-state index contributed by atoms with van der Waals surface area (Å²) < 4.78 is 72.5. The Kier molecular flexibility index (Phi) is 7.12. The van der Waals surface area contributed by atoms with Gasteiger partial charge in [0.25, 0.3) is 10.0 Å². The lowest BCUT2D eigenvalue weighted by Gasteiger charge is -2.31. The number of hydrogen-bond acceptors (Lipinski definition) is 7. The van der Waals surface area contributed by atoms with Crippen molar-refractivity contribution in [2.45, 2.75) is 62.4 Å². The zero-order valence-corrected chi connectivity index (χ0v) is 23.9. The number of aryl methyl sites for hydroxylation is 1. The first-order valence-electron chi connectivity index (χ1n) is 13.8. The first-order chi connectivity index (χ1) is 20.5. The molecule has 0 bridgehead atoms. The number of halogens is 3. The normalized spacial score (nSPS) is 19.5. The van der Waals surface area contributed by atoms with Crippen molar-refractivity contribution in [1.29, 1.82) is 5.26 Å². The highest BCUT2D eigenvalue weighted by Crippen LogP contribution is 2.45. The number of aromatic nitrogens is 3. The Labute approximate surface area is 245 Å². The highest BCUT2D eigenvalue weighted by molar-refractivity contribution is 7.90. The summed E-state index contributed by atoms with van der Waals surface area (Å²) in [4.78, 5) is 20.7. The SMILES string of the molecule is Cc1ccc(S(=O)(=O)n2cc(-c3nc(NC4CCCC(NC(=O)C5(C#N)CC5)C4)c(F)cc3F)c3cc(F)cnc32)cc1. The molecule has 6 rings (SSSR count). The molecule has 1 amide bonds. The maximum absolute atomic E-state index is 15.3. The number of anilines is 1. The minimum absolute atomic E-state index is 0.0217. The first kappa shape index (κ1) is 28.7. The van der Waals surface area contributed by atoms with Gasteiger partial charge >= 0.3 is 0 Å². The number of carbonyl (C=O) groups excluding carboxylic acids is 1. The fourth-order valence-electron chi connectivity index (χ4n) is 5.49. The Bertz CT molecular complexity index is 1900. The second-order valence-electron chi connectivity index (χ2n) is 11.2. The number of nitriles is 1. The highest BCUT2D eigenvalue weighted by Gasteiger charge is 2.51. The number of nitrogens with zero attached hydrogens (tertiary/aromatic N) is 4. The molecule has 3 aromatic heterocycles. The summed E-state index contributed by atoms with van der Waals surface area (Å²) in [5.74, 6) is -3.38. The fourth-order valence-corrected chi connectivity index (χ4v) is 6.81. The Morgan fingerprint density at radius 2 is 1.81 bits per heavy atom. The molecule has 9 nitrogen and oxygen atoms in total. The number of nitrogens with one attached hydrogen (secondary N) is 2. The quantitative estimate of drug-likeness (QED) is 0.295. The zero-order valence-electron chi connectivity index (χ0n) is 23.1. The Hall–Kier alpha value is -4.44. The molecule has 0 saturated heterocycles. The van der Waals surface area contributed by atoms with Gasteiger partial charge in [0.15, 0.2) is 23.1 Å². The number of fused-ring (bicyclic) bond motifs is 1. The van der Waals surface area contributed by atoms with Gasteiger partial charge in [-0.3, -0.25) is 4.79 Å². The Balaban J connectivity index is 1.33. The minimum atomic E-state index is -4.22. The number of carbonyl (C=O) groups is 1. The van der Waals surface area contributed by atoms with Crippen molar-refractivity contribution in [3.63, 3.8) is 0 Å². The lowest BCUT2D eigenvalue weighted by molar-refractivity contribution is -0.125. The lowest BCUT2D eigenvalue weighted by atomic mass is 9.90. The molecule has 222 valence electrons. The van der Waals surface area contributed by atoms with E-state index in [0.717, 1.165) is 28.0 Å². The van der Waals surface area contributed by atoms with Crippen molar-refractivity contribution in [3.8, 4) is 17.3 Å². The Morgan fingerprint density at radius 1 is 1.09 bits per heavy atom. The smallest absolute Gasteiger partial charge is 0.269 e. The third kappa shape index (κ3) is 5.31. The van der Waals surface area contributed by atoms with Gasteiger partial charge in [0, 0.05) is 35.3 Å². The van der Waals surface area contributed by atoms with Crippen LogP contribution in [-0.4, -0.2) is 40.3 Å². The minimum Gasteiger partial charge on any atom is -0.365 e. The number of hydrogen-bond donors (Lipinski definition) is 2. The Morgan fingerprint density at radius 3 is 2.51 bits per heavy atom. The van der Waals surface area contributed by atoms with Crippen LogP contribution in [0.25, 0.3) is 22.3 Å². The van der Waals surface area contributed by atoms with Crippen LogP contribution in [0.1, 0.15) is 44.1 Å². The summed E-state index contributed by atoms with van der Waals surface area (Å²) in [5, 5.41) is 15.2. The molecule has 0 aliphatic heterocycles. The van der Waals surface area contributed by atoms with Crippen LogP contribution in [-0.2, 0) is 14.8 Å². The molecule has 2 fully saturated rings. The van der Waals surface area contributed by atoms with Crippen LogP contribution in [0.2, 0.25) is 0 Å². The molecule has 2 saturated carbocycles. The fraction of sp³-hybridized carbons (Fsp3) is 0.333. The van der Waals surface area contributed by atoms with Gasteiger partial charge in [-0.25, -0.2) is 35.5 Å². The summed E-state index contributed by atoms with van der Waals surface area (Å²) in [5.41, 5.74) is -0.729. The number of pyridine rings is 2. The maximum Gasteiger partial charge on any atom is 0.269 e. The molecular weight excluding hydrogens is 581 g/mol. The highest BCUT2D eigenvalue weighted by atomic mass is 32.2. The standard InChI is InChI=1S/C30H27F3N6O3S/c1-17-5-7-21(8-6-17)43(41,42)39-15-23(22-11-18(31)14-35-28(22)39)26-24(32)13-25(33)27(38-26)36-19-3-2-4-20(12-19)37-29(40)30(16-34)9-10-30/h5-8,11,13-15,19-20H,2-4,9-10,12H2,1H3,(H,36,38)(H,37,40). The number of rotatable bonds is 7. The van der Waals surface area contributed by atoms with Crippen LogP contribution >= 0.6 is 0 Å². The zero-order chi connectivity index (χ0) is 30.5. The molecule has 0 spiro atoms. The number of benzene rings is 1. The molecule has 2 aliphatic rings. The van der Waals surface area contributed by atoms with E-state index in [1.165, 1.54) is 12.1 Å². The van der Waals surface area contributed by atoms with Crippen molar-refractivity contribution in [2.75, 3.05) is 5.32 Å². The van der Waals surface area contributed by atoms with E-state index >= 15 is 8.78 Å². The van der Waals surface area contributed by atoms with E-state index in [1.807, 2.05) is 0 Å². The molecule has 0 radical (unpaired) electrons. The molecule has 2 unspecified atom stereocenters. The van der Waals surface area contributed by atoms with E-state index in [0.29, 0.717) is 44.6 Å². The molecule has 13 heteroatoms. The van der Waals surface area contributed by atoms with E-state index in [4.69, 9.17) is 0 Å². The maximum atomic E-state index is 15.3. The summed E-state index contributed by atoms with van der Waals surface area (Å²) in [6.45, 7) is 1.81. The van der Waals surface area contributed by atoms with Gasteiger partial charge in [-0.05, 0) is 63.6 Å². The average molecular weight is 609 g/mol. The molecule has 43 heavy (non-hydrogen) atoms. The van der Waals surface area contributed by atoms with Crippen molar-refractivity contribution in [2.24, 2.45) is 5.41 Å². The predicted octanol–water partition coefficient (Wildman–Crippen LogP) is 5.20. The van der Waals surface area contributed by atoms with Crippen LogP contribution in [0.5, 0.6) is 0 Å². The van der Waals surface area contributed by atoms with Crippen molar-refractivity contribution in [1.82, 2.24) is 19.3 Å². The van der Waals surface area contributed by atoms with E-state index in [-0.39, 0.29) is 51.0 Å². The molecule has 2 aliphatic carbocycles. The molecular formula is C30H27F3N6O3S. The van der Waals surface area contributed by atoms with Crippen LogP contribution in [0, 0.1) is 41.1 Å². The van der Waals surface area contributed by atoms with Gasteiger partial charge in [0.1, 0.15) is 16.9 Å². The molecule has 4 aromatic rings. The molecule has 2 atom stereocenters.